The third kappa shape index (κ3) is 3.03. The fraction of sp³-hybridized carbons (Fsp3) is 0. The molecule has 0 atom stereocenters. The molecule has 1 aromatic heterocycles. The van der Waals surface area contributed by atoms with E-state index in [4.69, 9.17) is 11.0 Å². The molecule has 0 aliphatic heterocycles. The highest BCUT2D eigenvalue weighted by Crippen LogP contribution is 2.10. The summed E-state index contributed by atoms with van der Waals surface area (Å²) in [7, 11) is 0. The van der Waals surface area contributed by atoms with Crippen molar-refractivity contribution < 1.29 is 9.18 Å². The average Bonchev–Trinajstić information content (AvgIpc) is 2.47. The molecule has 1 heterocycles. The molecule has 2 aromatic rings. The second kappa shape index (κ2) is 5.71. The van der Waals surface area contributed by atoms with Crippen LogP contribution in [0.3, 0.4) is 0 Å². The molecule has 0 saturated heterocycles. The molecule has 0 saturated carbocycles. The van der Waals surface area contributed by atoms with Gasteiger partial charge in [0, 0.05) is 23.5 Å². The Bertz CT molecular complexity index is 720. The van der Waals surface area contributed by atoms with Gasteiger partial charge in [0.2, 0.25) is 0 Å². The van der Waals surface area contributed by atoms with Crippen LogP contribution in [-0.4, -0.2) is 16.7 Å². The first-order valence-electron chi connectivity index (χ1n) is 5.60. The number of nitrogens with zero attached hydrogens (tertiary/aromatic N) is 3. The van der Waals surface area contributed by atoms with Gasteiger partial charge in [0.1, 0.15) is 11.7 Å². The van der Waals surface area contributed by atoms with Gasteiger partial charge in [0.15, 0.2) is 0 Å². The minimum absolute atomic E-state index is 0.000156. The molecule has 0 bridgehead atoms. The van der Waals surface area contributed by atoms with Gasteiger partial charge in [-0.15, -0.1) is 0 Å². The molecule has 0 spiro atoms. The van der Waals surface area contributed by atoms with Gasteiger partial charge in [-0.3, -0.25) is 9.78 Å². The number of rotatable bonds is 2. The molecule has 2 rings (SSSR count). The number of hydrogen-bond acceptors (Lipinski definition) is 3. The minimum atomic E-state index is -0.713. The van der Waals surface area contributed by atoms with Crippen molar-refractivity contribution in [2.45, 2.75) is 0 Å². The van der Waals surface area contributed by atoms with Gasteiger partial charge in [0.05, 0.1) is 11.6 Å². The van der Waals surface area contributed by atoms with Crippen LogP contribution < -0.4 is 5.73 Å². The first-order valence-corrected chi connectivity index (χ1v) is 5.60. The summed E-state index contributed by atoms with van der Waals surface area (Å²) in [6.45, 7) is 0. The van der Waals surface area contributed by atoms with E-state index in [1.807, 2.05) is 0 Å². The number of pyridine rings is 1. The van der Waals surface area contributed by atoms with E-state index in [1.165, 1.54) is 18.5 Å². The maximum absolute atomic E-state index is 13.2. The van der Waals surface area contributed by atoms with E-state index in [2.05, 4.69) is 9.98 Å². The second-order valence-electron chi connectivity index (χ2n) is 3.88. The van der Waals surface area contributed by atoms with E-state index in [0.29, 0.717) is 5.56 Å². The quantitative estimate of drug-likeness (QED) is 0.662. The van der Waals surface area contributed by atoms with E-state index >= 15 is 0 Å². The van der Waals surface area contributed by atoms with E-state index in [9.17, 15) is 9.18 Å². The van der Waals surface area contributed by atoms with Crippen LogP contribution >= 0.6 is 0 Å². The summed E-state index contributed by atoms with van der Waals surface area (Å²) in [5.74, 6) is -1.39. The Morgan fingerprint density at radius 2 is 1.95 bits per heavy atom. The molecule has 0 radical (unpaired) electrons. The Morgan fingerprint density at radius 3 is 2.60 bits per heavy atom. The van der Waals surface area contributed by atoms with Gasteiger partial charge in [-0.1, -0.05) is 0 Å². The standard InChI is InChI=1S/C14H9FN4O/c15-12-6-9(8-16)5-11(7-12)14(20)19-13(17)10-1-3-18-4-2-10/h1-7H,(H2,17,19,20). The van der Waals surface area contributed by atoms with Gasteiger partial charge in [-0.25, -0.2) is 4.39 Å². The van der Waals surface area contributed by atoms with E-state index in [-0.39, 0.29) is 17.0 Å². The second-order valence-corrected chi connectivity index (χ2v) is 3.88. The van der Waals surface area contributed by atoms with Crippen LogP contribution in [0, 0.1) is 17.1 Å². The fourth-order valence-electron chi connectivity index (χ4n) is 1.54. The molecular formula is C14H9FN4O. The molecular weight excluding hydrogens is 259 g/mol. The molecule has 0 aliphatic carbocycles. The van der Waals surface area contributed by atoms with Crippen molar-refractivity contribution in [2.75, 3.05) is 0 Å². The number of aliphatic imine (C=N–C) groups is 1. The molecule has 0 aliphatic rings. The zero-order chi connectivity index (χ0) is 14.5. The molecule has 2 N–H and O–H groups in total. The van der Waals surface area contributed by atoms with Crippen LogP contribution in [0.2, 0.25) is 0 Å². The number of halogens is 1. The Balaban J connectivity index is 2.33. The van der Waals surface area contributed by atoms with Crippen LogP contribution in [0.1, 0.15) is 21.5 Å². The predicted octanol–water partition coefficient (Wildman–Crippen LogP) is 1.64. The lowest BCUT2D eigenvalue weighted by molar-refractivity contribution is 0.100. The highest BCUT2D eigenvalue weighted by molar-refractivity contribution is 6.08. The number of hydrogen-bond donors (Lipinski definition) is 1. The van der Waals surface area contributed by atoms with Gasteiger partial charge < -0.3 is 5.73 Å². The molecule has 0 fully saturated rings. The van der Waals surface area contributed by atoms with Crippen LogP contribution in [0.15, 0.2) is 47.7 Å². The lowest BCUT2D eigenvalue weighted by atomic mass is 10.1. The molecule has 98 valence electrons. The van der Waals surface area contributed by atoms with Crippen molar-refractivity contribution in [3.05, 3.63) is 65.2 Å². The maximum atomic E-state index is 13.2. The van der Waals surface area contributed by atoms with Crippen LogP contribution in [0.25, 0.3) is 0 Å². The third-order valence-electron chi connectivity index (χ3n) is 2.47. The van der Waals surface area contributed by atoms with Crippen LogP contribution in [-0.2, 0) is 0 Å². The monoisotopic (exact) mass is 268 g/mol. The number of amides is 1. The number of nitriles is 1. The van der Waals surface area contributed by atoms with Gasteiger partial charge in [0.25, 0.3) is 5.91 Å². The molecule has 1 aromatic carbocycles. The Kier molecular flexibility index (Phi) is 3.82. The third-order valence-corrected chi connectivity index (χ3v) is 2.47. The summed E-state index contributed by atoms with van der Waals surface area (Å²) in [6.07, 6.45) is 3.02. The number of benzene rings is 1. The molecule has 1 amide bonds. The van der Waals surface area contributed by atoms with Gasteiger partial charge in [-0.2, -0.15) is 10.3 Å². The summed E-state index contributed by atoms with van der Waals surface area (Å²) in [5, 5.41) is 8.73. The molecule has 20 heavy (non-hydrogen) atoms. The number of nitrogens with two attached hydrogens (primary N) is 1. The molecule has 0 unspecified atom stereocenters. The highest BCUT2D eigenvalue weighted by Gasteiger charge is 2.09. The smallest absolute Gasteiger partial charge is 0.279 e. The normalized spacial score (nSPS) is 10.9. The summed E-state index contributed by atoms with van der Waals surface area (Å²) in [5.41, 5.74) is 6.24. The van der Waals surface area contributed by atoms with E-state index in [0.717, 1.165) is 12.1 Å². The van der Waals surface area contributed by atoms with E-state index in [1.54, 1.807) is 18.2 Å². The first-order chi connectivity index (χ1) is 9.60. The zero-order valence-corrected chi connectivity index (χ0v) is 10.2. The highest BCUT2D eigenvalue weighted by atomic mass is 19.1. The SMILES string of the molecule is N#Cc1cc(F)cc(C(=O)N=C(N)c2ccncc2)c1. The Morgan fingerprint density at radius 1 is 1.25 bits per heavy atom. The van der Waals surface area contributed by atoms with Gasteiger partial charge >= 0.3 is 0 Å². The summed E-state index contributed by atoms with van der Waals surface area (Å²) in [4.78, 5) is 19.4. The predicted molar refractivity (Wildman–Crippen MR) is 70.4 cm³/mol. The van der Waals surface area contributed by atoms with Crippen molar-refractivity contribution >= 4 is 11.7 Å². The lowest BCUT2D eigenvalue weighted by Crippen LogP contribution is -2.16. The topological polar surface area (TPSA) is 92.1 Å². The summed E-state index contributed by atoms with van der Waals surface area (Å²) in [6, 6.07) is 8.26. The van der Waals surface area contributed by atoms with Crippen LogP contribution in [0.5, 0.6) is 0 Å². The van der Waals surface area contributed by atoms with Crippen molar-refractivity contribution in [3.63, 3.8) is 0 Å². The summed E-state index contributed by atoms with van der Waals surface area (Å²) >= 11 is 0. The van der Waals surface area contributed by atoms with Crippen molar-refractivity contribution in [3.8, 4) is 6.07 Å². The number of carbonyl (C=O) groups excluding carboxylic acids is 1. The van der Waals surface area contributed by atoms with Crippen molar-refractivity contribution in [1.29, 1.82) is 5.26 Å². The first kappa shape index (κ1) is 13.4. The maximum Gasteiger partial charge on any atom is 0.279 e. The number of carbonyl (C=O) groups is 1. The molecule has 5 nitrogen and oxygen atoms in total. The largest absolute Gasteiger partial charge is 0.383 e. The number of aromatic nitrogens is 1. The molecule has 6 heteroatoms. The van der Waals surface area contributed by atoms with E-state index < -0.39 is 11.7 Å². The lowest BCUT2D eigenvalue weighted by Gasteiger charge is -2.01. The number of amidine groups is 1. The Labute approximate surface area is 114 Å². The fourth-order valence-corrected chi connectivity index (χ4v) is 1.54. The Hall–Kier alpha value is -3.07. The minimum Gasteiger partial charge on any atom is -0.383 e. The zero-order valence-electron chi connectivity index (χ0n) is 10.2. The van der Waals surface area contributed by atoms with Crippen LogP contribution in [0.4, 0.5) is 4.39 Å². The average molecular weight is 268 g/mol. The van der Waals surface area contributed by atoms with Crippen molar-refractivity contribution in [1.82, 2.24) is 4.98 Å². The van der Waals surface area contributed by atoms with Gasteiger partial charge in [-0.05, 0) is 30.3 Å². The van der Waals surface area contributed by atoms with Crippen molar-refractivity contribution in [2.24, 2.45) is 10.7 Å². The summed E-state index contributed by atoms with van der Waals surface area (Å²) < 4.78 is 13.2.